The van der Waals surface area contributed by atoms with Gasteiger partial charge in [0.15, 0.2) is 0 Å². The third kappa shape index (κ3) is 6.53. The highest BCUT2D eigenvalue weighted by molar-refractivity contribution is 5.96. The molecule has 0 aromatic heterocycles. The second-order valence-corrected chi connectivity index (χ2v) is 5.56. The van der Waals surface area contributed by atoms with Crippen molar-refractivity contribution < 1.29 is 19.5 Å². The number of rotatable bonds is 6. The van der Waals surface area contributed by atoms with Crippen molar-refractivity contribution in [1.29, 1.82) is 0 Å². The van der Waals surface area contributed by atoms with Crippen molar-refractivity contribution in [1.82, 2.24) is 10.2 Å². The molecule has 1 aromatic carbocycles. The lowest BCUT2D eigenvalue weighted by molar-refractivity contribution is -0.138. The summed E-state index contributed by atoms with van der Waals surface area (Å²) in [5, 5.41) is 11.2. The SMILES string of the molecule is CC(NC(=O)c1cccc(C#CCCCC(=O)N(C)C)c1)C(=O)O. The van der Waals surface area contributed by atoms with Crippen molar-refractivity contribution in [3.8, 4) is 11.8 Å². The van der Waals surface area contributed by atoms with Crippen molar-refractivity contribution in [3.05, 3.63) is 35.4 Å². The van der Waals surface area contributed by atoms with E-state index in [0.29, 0.717) is 30.4 Å². The molecule has 6 nitrogen and oxygen atoms in total. The van der Waals surface area contributed by atoms with E-state index in [-0.39, 0.29) is 5.91 Å². The maximum absolute atomic E-state index is 12.0. The van der Waals surface area contributed by atoms with Gasteiger partial charge in [-0.2, -0.15) is 0 Å². The number of carbonyl (C=O) groups is 3. The summed E-state index contributed by atoms with van der Waals surface area (Å²) in [6, 6.07) is 5.73. The van der Waals surface area contributed by atoms with E-state index in [2.05, 4.69) is 17.2 Å². The minimum absolute atomic E-state index is 0.0722. The summed E-state index contributed by atoms with van der Waals surface area (Å²) in [6.45, 7) is 1.40. The molecule has 0 aliphatic rings. The summed E-state index contributed by atoms with van der Waals surface area (Å²) in [5.74, 6) is 4.45. The Morgan fingerprint density at radius 1 is 1.29 bits per heavy atom. The summed E-state index contributed by atoms with van der Waals surface area (Å²) in [7, 11) is 3.44. The summed E-state index contributed by atoms with van der Waals surface area (Å²) in [4.78, 5) is 35.7. The molecule has 0 spiro atoms. The molecule has 0 fully saturated rings. The highest BCUT2D eigenvalue weighted by Gasteiger charge is 2.15. The first kappa shape index (κ1) is 19.2. The predicted molar refractivity (Wildman–Crippen MR) is 90.4 cm³/mol. The normalized spacial score (nSPS) is 11.0. The first-order chi connectivity index (χ1) is 11.3. The Morgan fingerprint density at radius 2 is 2.00 bits per heavy atom. The van der Waals surface area contributed by atoms with Gasteiger partial charge in [0.05, 0.1) is 0 Å². The predicted octanol–water partition coefficient (Wildman–Crippen LogP) is 1.50. The van der Waals surface area contributed by atoms with Crippen LogP contribution in [0.2, 0.25) is 0 Å². The van der Waals surface area contributed by atoms with Gasteiger partial charge < -0.3 is 15.3 Å². The molecule has 0 heterocycles. The standard InChI is InChI=1S/C18H22N2O4/c1-13(18(23)24)19-17(22)15-10-7-9-14(12-15)8-5-4-6-11-16(21)20(2)3/h7,9-10,12-13H,4,6,11H2,1-3H3,(H,19,22)(H,23,24). The Morgan fingerprint density at radius 3 is 2.62 bits per heavy atom. The molecule has 0 saturated carbocycles. The van der Waals surface area contributed by atoms with E-state index in [1.807, 2.05) is 0 Å². The van der Waals surface area contributed by atoms with E-state index in [0.717, 1.165) is 0 Å². The van der Waals surface area contributed by atoms with Gasteiger partial charge in [-0.05, 0) is 31.5 Å². The molecule has 0 bridgehead atoms. The van der Waals surface area contributed by atoms with Crippen molar-refractivity contribution in [2.75, 3.05) is 14.1 Å². The summed E-state index contributed by atoms with van der Waals surface area (Å²) in [6.07, 6.45) is 1.73. The smallest absolute Gasteiger partial charge is 0.325 e. The molecule has 1 rings (SSSR count). The van der Waals surface area contributed by atoms with E-state index in [9.17, 15) is 14.4 Å². The van der Waals surface area contributed by atoms with Gasteiger partial charge in [0.25, 0.3) is 5.91 Å². The van der Waals surface area contributed by atoms with Gasteiger partial charge in [0.2, 0.25) is 5.91 Å². The maximum Gasteiger partial charge on any atom is 0.325 e. The number of aliphatic carboxylic acids is 1. The van der Waals surface area contributed by atoms with Crippen LogP contribution < -0.4 is 5.32 Å². The monoisotopic (exact) mass is 330 g/mol. The first-order valence-corrected chi connectivity index (χ1v) is 7.64. The molecule has 2 N–H and O–H groups in total. The number of benzene rings is 1. The van der Waals surface area contributed by atoms with Crippen LogP contribution in [-0.2, 0) is 9.59 Å². The van der Waals surface area contributed by atoms with Crippen LogP contribution in [0, 0.1) is 11.8 Å². The van der Waals surface area contributed by atoms with E-state index in [4.69, 9.17) is 5.11 Å². The van der Waals surface area contributed by atoms with Crippen LogP contribution in [0.5, 0.6) is 0 Å². The van der Waals surface area contributed by atoms with E-state index in [1.165, 1.54) is 6.92 Å². The number of hydrogen-bond donors (Lipinski definition) is 2. The van der Waals surface area contributed by atoms with Crippen molar-refractivity contribution in [2.24, 2.45) is 0 Å². The number of carbonyl (C=O) groups excluding carboxylic acids is 2. The van der Waals surface area contributed by atoms with Crippen molar-refractivity contribution in [3.63, 3.8) is 0 Å². The molecule has 128 valence electrons. The molecule has 0 radical (unpaired) electrons. The Balaban J connectivity index is 2.60. The molecule has 0 saturated heterocycles. The van der Waals surface area contributed by atoms with E-state index in [1.54, 1.807) is 43.3 Å². The molecule has 6 heteroatoms. The molecule has 0 aliphatic carbocycles. The zero-order valence-electron chi connectivity index (χ0n) is 14.1. The largest absolute Gasteiger partial charge is 0.480 e. The second-order valence-electron chi connectivity index (χ2n) is 5.56. The molecular formula is C18H22N2O4. The van der Waals surface area contributed by atoms with Crippen LogP contribution in [-0.4, -0.2) is 47.9 Å². The average Bonchev–Trinajstić information content (AvgIpc) is 2.54. The van der Waals surface area contributed by atoms with Gasteiger partial charge in [0.1, 0.15) is 6.04 Å². The van der Waals surface area contributed by atoms with Crippen molar-refractivity contribution in [2.45, 2.75) is 32.2 Å². The van der Waals surface area contributed by atoms with Crippen LogP contribution in [0.4, 0.5) is 0 Å². The molecule has 1 unspecified atom stereocenters. The number of amides is 2. The molecule has 1 atom stereocenters. The summed E-state index contributed by atoms with van der Waals surface area (Å²) < 4.78 is 0. The average molecular weight is 330 g/mol. The second kappa shape index (κ2) is 9.36. The summed E-state index contributed by atoms with van der Waals surface area (Å²) >= 11 is 0. The van der Waals surface area contributed by atoms with Gasteiger partial charge >= 0.3 is 5.97 Å². The van der Waals surface area contributed by atoms with Crippen LogP contribution in [0.3, 0.4) is 0 Å². The molecule has 2 amide bonds. The van der Waals surface area contributed by atoms with Crippen molar-refractivity contribution >= 4 is 17.8 Å². The fourth-order valence-electron chi connectivity index (χ4n) is 1.80. The zero-order chi connectivity index (χ0) is 18.1. The number of nitrogens with one attached hydrogen (secondary N) is 1. The van der Waals surface area contributed by atoms with Gasteiger partial charge in [-0.25, -0.2) is 0 Å². The van der Waals surface area contributed by atoms with Gasteiger partial charge in [-0.3, -0.25) is 14.4 Å². The number of hydrogen-bond acceptors (Lipinski definition) is 3. The highest BCUT2D eigenvalue weighted by Crippen LogP contribution is 2.05. The molecule has 0 aliphatic heterocycles. The summed E-state index contributed by atoms with van der Waals surface area (Å²) in [5.41, 5.74) is 1.03. The number of unbranched alkanes of at least 4 members (excludes halogenated alkanes) is 1. The Labute approximate surface area is 141 Å². The number of carboxylic acids is 1. The van der Waals surface area contributed by atoms with Crippen LogP contribution in [0.15, 0.2) is 24.3 Å². The van der Waals surface area contributed by atoms with Gasteiger partial charge in [-0.1, -0.05) is 17.9 Å². The fourth-order valence-corrected chi connectivity index (χ4v) is 1.80. The topological polar surface area (TPSA) is 86.7 Å². The minimum atomic E-state index is -1.09. The number of nitrogens with zero attached hydrogens (tertiary/aromatic N) is 1. The minimum Gasteiger partial charge on any atom is -0.480 e. The quantitative estimate of drug-likeness (QED) is 0.611. The number of carboxylic acid groups (broad SMARTS) is 1. The molecule has 24 heavy (non-hydrogen) atoms. The van der Waals surface area contributed by atoms with Crippen LogP contribution in [0.25, 0.3) is 0 Å². The Bertz CT molecular complexity index is 671. The third-order valence-electron chi connectivity index (χ3n) is 3.27. The highest BCUT2D eigenvalue weighted by atomic mass is 16.4. The molecule has 1 aromatic rings. The lowest BCUT2D eigenvalue weighted by atomic mass is 10.1. The van der Waals surface area contributed by atoms with Gasteiger partial charge in [0, 0.05) is 38.1 Å². The fraction of sp³-hybridized carbons (Fsp3) is 0.389. The van der Waals surface area contributed by atoms with Gasteiger partial charge in [-0.15, -0.1) is 0 Å². The lowest BCUT2D eigenvalue weighted by Crippen LogP contribution is -2.38. The molecular weight excluding hydrogens is 308 g/mol. The Hall–Kier alpha value is -2.81. The zero-order valence-corrected chi connectivity index (χ0v) is 14.1. The van der Waals surface area contributed by atoms with E-state index >= 15 is 0 Å². The first-order valence-electron chi connectivity index (χ1n) is 7.64. The van der Waals surface area contributed by atoms with E-state index < -0.39 is 17.9 Å². The lowest BCUT2D eigenvalue weighted by Gasteiger charge is -2.09. The maximum atomic E-state index is 12.0. The third-order valence-corrected chi connectivity index (χ3v) is 3.27. The Kier molecular flexibility index (Phi) is 7.50. The van der Waals surface area contributed by atoms with Crippen LogP contribution in [0.1, 0.15) is 42.1 Å². The van der Waals surface area contributed by atoms with Crippen LogP contribution >= 0.6 is 0 Å².